The summed E-state index contributed by atoms with van der Waals surface area (Å²) in [5.41, 5.74) is 19.4. The van der Waals surface area contributed by atoms with Gasteiger partial charge in [0.05, 0.1) is 44.1 Å². The molecule has 0 atom stereocenters. The van der Waals surface area contributed by atoms with Gasteiger partial charge in [-0.25, -0.2) is 19.9 Å². The lowest BCUT2D eigenvalue weighted by Crippen LogP contribution is -2.06. The highest BCUT2D eigenvalue weighted by Crippen LogP contribution is 2.45. The summed E-state index contributed by atoms with van der Waals surface area (Å²) >= 11 is 0. The van der Waals surface area contributed by atoms with E-state index in [-0.39, 0.29) is 0 Å². The Morgan fingerprint density at radius 2 is 0.414 bits per heavy atom. The molecule has 0 aliphatic rings. The SMILES string of the molecule is c1ccc(-c2nc(-c3ccccc3)nc(-c3cccc(-n4c5ccccc5c5c(-c6nnc(-c7cccc8c7c7ccccc7n8-c7ccccc7)o6)cccc54)c3)n2)cc1.c1ccc(-c2nc(-c3ccccc3)nc(-n3c4ccccc4c4c(-c5nnc(-c6cccc7c6c6ccccc6n7-c6ccccc6)o5)cccc43)n2)cc1. The number of aromatic nitrogens is 14. The Hall–Kier alpha value is -16.2. The summed E-state index contributed by atoms with van der Waals surface area (Å²) in [7, 11) is 0. The third-order valence-corrected chi connectivity index (χ3v) is 21.5. The summed E-state index contributed by atoms with van der Waals surface area (Å²) in [5.74, 6) is 5.33. The first kappa shape index (κ1) is 66.8. The van der Waals surface area contributed by atoms with Crippen LogP contribution < -0.4 is 0 Å². The molecule has 15 aromatic carbocycles. The van der Waals surface area contributed by atoms with Crippen molar-refractivity contribution < 1.29 is 8.83 Å². The number of para-hydroxylation sites is 6. The smallest absolute Gasteiger partial charge is 0.248 e. The van der Waals surface area contributed by atoms with Crippen molar-refractivity contribution in [2.24, 2.45) is 0 Å². The van der Waals surface area contributed by atoms with Crippen LogP contribution in [0.1, 0.15) is 0 Å². The molecule has 16 heteroatoms. The van der Waals surface area contributed by atoms with Crippen LogP contribution in [0.15, 0.2) is 385 Å². The van der Waals surface area contributed by atoms with Crippen LogP contribution in [0.5, 0.6) is 0 Å². The number of rotatable bonds is 13. The van der Waals surface area contributed by atoms with Crippen LogP contribution in [0.2, 0.25) is 0 Å². The van der Waals surface area contributed by atoms with Gasteiger partial charge in [-0.2, -0.15) is 9.97 Å². The van der Waals surface area contributed by atoms with Crippen molar-refractivity contribution in [2.45, 2.75) is 0 Å². The minimum atomic E-state index is 0.429. The van der Waals surface area contributed by atoms with Gasteiger partial charge in [0.1, 0.15) is 0 Å². The van der Waals surface area contributed by atoms with E-state index in [9.17, 15) is 0 Å². The third kappa shape index (κ3) is 11.4. The Balaban J connectivity index is 0.000000141. The molecule has 0 fully saturated rings. The largest absolute Gasteiger partial charge is 0.416 e. The second-order valence-electron chi connectivity index (χ2n) is 28.3. The van der Waals surface area contributed by atoms with Gasteiger partial charge >= 0.3 is 0 Å². The van der Waals surface area contributed by atoms with E-state index >= 15 is 0 Å². The molecular formula is C100H62N14O2. The number of nitrogens with zero attached hydrogens (tertiary/aromatic N) is 14. The predicted molar refractivity (Wildman–Crippen MR) is 462 cm³/mol. The first-order valence-corrected chi connectivity index (χ1v) is 38.3. The van der Waals surface area contributed by atoms with Crippen molar-refractivity contribution in [3.05, 3.63) is 376 Å². The van der Waals surface area contributed by atoms with Crippen LogP contribution in [0.3, 0.4) is 0 Å². The number of hydrogen-bond donors (Lipinski definition) is 0. The molecule has 0 spiro atoms. The molecule has 23 rings (SSSR count). The van der Waals surface area contributed by atoms with Crippen LogP contribution >= 0.6 is 0 Å². The van der Waals surface area contributed by atoms with E-state index < -0.39 is 0 Å². The van der Waals surface area contributed by atoms with Gasteiger partial charge in [-0.05, 0) is 109 Å². The van der Waals surface area contributed by atoms with E-state index in [2.05, 4.69) is 247 Å². The normalized spacial score (nSPS) is 11.6. The molecule has 116 heavy (non-hydrogen) atoms. The van der Waals surface area contributed by atoms with Crippen LogP contribution in [0.25, 0.3) is 213 Å². The molecule has 0 N–H and O–H groups in total. The van der Waals surface area contributed by atoms with E-state index in [0.717, 1.165) is 154 Å². The molecule has 544 valence electrons. The predicted octanol–water partition coefficient (Wildman–Crippen LogP) is 23.9. The van der Waals surface area contributed by atoms with Gasteiger partial charge in [0, 0.05) is 110 Å². The average Bonchev–Trinajstić information content (AvgIpc) is 1.59. The molecule has 0 saturated heterocycles. The first-order valence-electron chi connectivity index (χ1n) is 38.3. The first-order chi connectivity index (χ1) is 57.6. The molecule has 16 nitrogen and oxygen atoms in total. The van der Waals surface area contributed by atoms with E-state index in [1.807, 2.05) is 158 Å². The summed E-state index contributed by atoms with van der Waals surface area (Å²) in [6.07, 6.45) is 0. The van der Waals surface area contributed by atoms with Gasteiger partial charge in [0.25, 0.3) is 0 Å². The highest BCUT2D eigenvalue weighted by molar-refractivity contribution is 6.19. The fourth-order valence-electron chi connectivity index (χ4n) is 16.5. The third-order valence-electron chi connectivity index (χ3n) is 21.5. The van der Waals surface area contributed by atoms with Crippen molar-refractivity contribution in [3.63, 3.8) is 0 Å². The zero-order chi connectivity index (χ0) is 76.6. The van der Waals surface area contributed by atoms with E-state index in [0.29, 0.717) is 58.6 Å². The highest BCUT2D eigenvalue weighted by Gasteiger charge is 2.27. The Kier molecular flexibility index (Phi) is 16.1. The topological polar surface area (TPSA) is 175 Å². The standard InChI is InChI=1S/C53H33N7O.C47H29N7O/c1-4-17-34(18-5-1)49-54-50(35-19-6-2-7-20-35)56-51(55-49)36-21-14-24-38(33-36)60-44-30-13-11-26-40(44)48-42(28-16-32-46(48)60)53-58-57-52(61-53)41-27-15-31-45-47(41)39-25-10-12-29-43(39)59(45)37-22-8-3-9-23-37;1-4-16-30(17-5-1)43-48-44(31-18-6-2-7-19-31)50-47(49-43)54-38-27-13-11-23-34(38)42-36(25-15-29-40(42)54)46-52-51-45(55-46)35-24-14-28-39-41(35)33-22-10-12-26-37(33)53(39)32-20-8-3-9-21-32/h1-33H;1-29H. The van der Waals surface area contributed by atoms with Crippen LogP contribution in [-0.4, -0.2) is 68.6 Å². The second kappa shape index (κ2) is 28.0. The molecular weight excluding hydrogens is 1430 g/mol. The van der Waals surface area contributed by atoms with Gasteiger partial charge in [-0.15, -0.1) is 20.4 Å². The average molecular weight is 1490 g/mol. The van der Waals surface area contributed by atoms with Crippen molar-refractivity contribution >= 4 is 87.2 Å². The van der Waals surface area contributed by atoms with Gasteiger partial charge in [-0.1, -0.05) is 267 Å². The molecule has 8 heterocycles. The fourth-order valence-corrected chi connectivity index (χ4v) is 16.5. The quantitative estimate of drug-likeness (QED) is 0.107. The molecule has 8 aromatic heterocycles. The minimum Gasteiger partial charge on any atom is -0.416 e. The lowest BCUT2D eigenvalue weighted by Gasteiger charge is -2.11. The Morgan fingerprint density at radius 1 is 0.181 bits per heavy atom. The zero-order valence-electron chi connectivity index (χ0n) is 61.9. The van der Waals surface area contributed by atoms with Crippen LogP contribution in [0.4, 0.5) is 0 Å². The summed E-state index contributed by atoms with van der Waals surface area (Å²) in [5, 5.41) is 27.2. The number of benzene rings is 15. The van der Waals surface area contributed by atoms with Crippen molar-refractivity contribution in [1.29, 1.82) is 0 Å². The van der Waals surface area contributed by atoms with Crippen LogP contribution in [-0.2, 0) is 0 Å². The molecule has 0 saturated carbocycles. The van der Waals surface area contributed by atoms with Gasteiger partial charge in [0.15, 0.2) is 29.1 Å². The van der Waals surface area contributed by atoms with Crippen molar-refractivity contribution in [1.82, 2.24) is 68.6 Å². The van der Waals surface area contributed by atoms with Crippen molar-refractivity contribution in [3.8, 4) is 126 Å². The molecule has 0 amide bonds. The molecule has 0 radical (unpaired) electrons. The lowest BCUT2D eigenvalue weighted by atomic mass is 10.1. The summed E-state index contributed by atoms with van der Waals surface area (Å²) in [6, 6.07) is 128. The molecule has 0 aliphatic heterocycles. The minimum absolute atomic E-state index is 0.429. The summed E-state index contributed by atoms with van der Waals surface area (Å²) in [6.45, 7) is 0. The van der Waals surface area contributed by atoms with Gasteiger partial charge in [-0.3, -0.25) is 4.57 Å². The fraction of sp³-hybridized carbons (Fsp3) is 0. The highest BCUT2D eigenvalue weighted by atomic mass is 16.4. The van der Waals surface area contributed by atoms with Crippen molar-refractivity contribution in [2.75, 3.05) is 0 Å². The van der Waals surface area contributed by atoms with E-state index in [4.69, 9.17) is 48.9 Å². The Morgan fingerprint density at radius 3 is 0.750 bits per heavy atom. The van der Waals surface area contributed by atoms with E-state index in [1.165, 1.54) is 0 Å². The van der Waals surface area contributed by atoms with Gasteiger partial charge in [0.2, 0.25) is 29.5 Å². The maximum Gasteiger partial charge on any atom is 0.248 e. The maximum absolute atomic E-state index is 6.71. The number of fused-ring (bicyclic) bond motifs is 12. The molecule has 0 aliphatic carbocycles. The lowest BCUT2D eigenvalue weighted by molar-refractivity contribution is 0.585. The summed E-state index contributed by atoms with van der Waals surface area (Å²) in [4.78, 5) is 30.0. The molecule has 0 unspecified atom stereocenters. The van der Waals surface area contributed by atoms with E-state index in [1.54, 1.807) is 0 Å². The Bertz CT molecular complexity index is 7590. The number of hydrogen-bond acceptors (Lipinski definition) is 12. The van der Waals surface area contributed by atoms with Crippen LogP contribution in [0, 0.1) is 0 Å². The van der Waals surface area contributed by atoms with Gasteiger partial charge < -0.3 is 22.5 Å². The Labute approximate surface area is 662 Å². The monoisotopic (exact) mass is 1490 g/mol. The maximum atomic E-state index is 6.71. The molecule has 23 aromatic rings. The summed E-state index contributed by atoms with van der Waals surface area (Å²) < 4.78 is 22.3. The zero-order valence-corrected chi connectivity index (χ0v) is 61.9. The molecule has 0 bridgehead atoms. The second-order valence-corrected chi connectivity index (χ2v) is 28.3.